The van der Waals surface area contributed by atoms with Gasteiger partial charge >= 0.3 is 0 Å². The van der Waals surface area contributed by atoms with Crippen molar-refractivity contribution in [3.63, 3.8) is 0 Å². The predicted octanol–water partition coefficient (Wildman–Crippen LogP) is 2.81. The number of hydrogen-bond donors (Lipinski definition) is 1. The van der Waals surface area contributed by atoms with Crippen LogP contribution in [-0.4, -0.2) is 35.4 Å². The van der Waals surface area contributed by atoms with Crippen LogP contribution in [0.15, 0.2) is 30.3 Å². The SMILES string of the molecule is Cc1nc2ccccc2cc1C(=O)N1CCC(CN)C1.Cl.Cl. The number of aromatic nitrogens is 1. The van der Waals surface area contributed by atoms with Crippen molar-refractivity contribution in [2.75, 3.05) is 19.6 Å². The molecule has 22 heavy (non-hydrogen) atoms. The molecule has 0 bridgehead atoms. The number of amides is 1. The molecule has 1 fully saturated rings. The molecule has 1 unspecified atom stereocenters. The van der Waals surface area contributed by atoms with E-state index in [1.807, 2.05) is 42.2 Å². The van der Waals surface area contributed by atoms with Crippen molar-refractivity contribution >= 4 is 41.6 Å². The molecule has 3 rings (SSSR count). The zero-order valence-electron chi connectivity index (χ0n) is 12.5. The van der Waals surface area contributed by atoms with Crippen molar-refractivity contribution in [1.82, 2.24) is 9.88 Å². The number of nitrogens with two attached hydrogens (primary N) is 1. The van der Waals surface area contributed by atoms with Gasteiger partial charge in [-0.3, -0.25) is 9.78 Å². The van der Waals surface area contributed by atoms with Gasteiger partial charge in [0.15, 0.2) is 0 Å². The fourth-order valence-electron chi connectivity index (χ4n) is 2.81. The van der Waals surface area contributed by atoms with Gasteiger partial charge in [-0.15, -0.1) is 24.8 Å². The first kappa shape index (κ1) is 18.7. The second-order valence-corrected chi connectivity index (χ2v) is 5.46. The van der Waals surface area contributed by atoms with Crippen LogP contribution in [0, 0.1) is 12.8 Å². The Bertz CT molecular complexity index is 663. The summed E-state index contributed by atoms with van der Waals surface area (Å²) in [6.07, 6.45) is 1.00. The van der Waals surface area contributed by atoms with Gasteiger partial charge in [0.2, 0.25) is 0 Å². The zero-order valence-corrected chi connectivity index (χ0v) is 14.1. The molecule has 6 heteroatoms. The molecule has 4 nitrogen and oxygen atoms in total. The van der Waals surface area contributed by atoms with E-state index in [0.29, 0.717) is 18.0 Å². The summed E-state index contributed by atoms with van der Waals surface area (Å²) >= 11 is 0. The van der Waals surface area contributed by atoms with Crippen molar-refractivity contribution in [2.45, 2.75) is 13.3 Å². The molecule has 1 amide bonds. The van der Waals surface area contributed by atoms with Crippen molar-refractivity contribution in [3.05, 3.63) is 41.6 Å². The summed E-state index contributed by atoms with van der Waals surface area (Å²) in [6.45, 7) is 4.11. The minimum Gasteiger partial charge on any atom is -0.338 e. The summed E-state index contributed by atoms with van der Waals surface area (Å²) in [5.74, 6) is 0.518. The van der Waals surface area contributed by atoms with Crippen molar-refractivity contribution in [2.24, 2.45) is 11.7 Å². The van der Waals surface area contributed by atoms with Gasteiger partial charge in [0.1, 0.15) is 0 Å². The van der Waals surface area contributed by atoms with Gasteiger partial charge in [-0.2, -0.15) is 0 Å². The minimum absolute atomic E-state index is 0. The number of para-hydroxylation sites is 1. The average molecular weight is 342 g/mol. The standard InChI is InChI=1S/C16H19N3O.2ClH/c1-11-14(8-13-4-2-3-5-15(13)18-11)16(20)19-7-6-12(9-17)10-19;;/h2-5,8,12H,6-7,9-10,17H2,1H3;2*1H. The number of nitrogens with zero attached hydrogens (tertiary/aromatic N) is 2. The van der Waals surface area contributed by atoms with Gasteiger partial charge in [0, 0.05) is 18.5 Å². The van der Waals surface area contributed by atoms with E-state index in [4.69, 9.17) is 5.73 Å². The van der Waals surface area contributed by atoms with Crippen LogP contribution in [-0.2, 0) is 0 Å². The number of rotatable bonds is 2. The summed E-state index contributed by atoms with van der Waals surface area (Å²) in [6, 6.07) is 9.84. The molecule has 1 aromatic heterocycles. The highest BCUT2D eigenvalue weighted by Gasteiger charge is 2.27. The smallest absolute Gasteiger partial charge is 0.255 e. The number of benzene rings is 1. The molecule has 0 aliphatic carbocycles. The van der Waals surface area contributed by atoms with Crippen LogP contribution in [0.25, 0.3) is 10.9 Å². The molecule has 1 saturated heterocycles. The topological polar surface area (TPSA) is 59.2 Å². The molecule has 2 aromatic rings. The van der Waals surface area contributed by atoms with Crippen LogP contribution in [0.1, 0.15) is 22.5 Å². The number of fused-ring (bicyclic) bond motifs is 1. The minimum atomic E-state index is 0. The third-order valence-electron chi connectivity index (χ3n) is 4.05. The van der Waals surface area contributed by atoms with Crippen LogP contribution in [0.5, 0.6) is 0 Å². The molecule has 0 radical (unpaired) electrons. The second-order valence-electron chi connectivity index (χ2n) is 5.46. The number of pyridine rings is 1. The van der Waals surface area contributed by atoms with Gasteiger partial charge in [0.25, 0.3) is 5.91 Å². The number of hydrogen-bond acceptors (Lipinski definition) is 3. The van der Waals surface area contributed by atoms with E-state index in [-0.39, 0.29) is 30.7 Å². The fraction of sp³-hybridized carbons (Fsp3) is 0.375. The highest BCUT2D eigenvalue weighted by atomic mass is 35.5. The molecule has 1 aliphatic heterocycles. The molecule has 2 N–H and O–H groups in total. The second kappa shape index (κ2) is 7.77. The van der Waals surface area contributed by atoms with Gasteiger partial charge in [-0.05, 0) is 37.9 Å². The number of carbonyl (C=O) groups excluding carboxylic acids is 1. The molecule has 1 aromatic carbocycles. The Balaban J connectivity index is 0.00000121. The Labute approximate surface area is 142 Å². The normalized spacial score (nSPS) is 17.0. The molecular weight excluding hydrogens is 321 g/mol. The van der Waals surface area contributed by atoms with Crippen LogP contribution in [0.2, 0.25) is 0 Å². The van der Waals surface area contributed by atoms with Crippen molar-refractivity contribution in [3.8, 4) is 0 Å². The van der Waals surface area contributed by atoms with Gasteiger partial charge in [-0.25, -0.2) is 0 Å². The fourth-order valence-corrected chi connectivity index (χ4v) is 2.81. The lowest BCUT2D eigenvalue weighted by Gasteiger charge is -2.17. The zero-order chi connectivity index (χ0) is 14.1. The third kappa shape index (κ3) is 3.51. The van der Waals surface area contributed by atoms with Crippen LogP contribution in [0.3, 0.4) is 0 Å². The van der Waals surface area contributed by atoms with E-state index in [9.17, 15) is 4.79 Å². The van der Waals surface area contributed by atoms with E-state index in [0.717, 1.165) is 36.1 Å². The molecule has 0 spiro atoms. The van der Waals surface area contributed by atoms with Crippen LogP contribution < -0.4 is 5.73 Å². The number of likely N-dealkylation sites (tertiary alicyclic amines) is 1. The molecule has 1 aliphatic rings. The van der Waals surface area contributed by atoms with E-state index in [2.05, 4.69) is 4.98 Å². The lowest BCUT2D eigenvalue weighted by molar-refractivity contribution is 0.0786. The van der Waals surface area contributed by atoms with Gasteiger partial charge in [0.05, 0.1) is 16.8 Å². The summed E-state index contributed by atoms with van der Waals surface area (Å²) in [7, 11) is 0. The summed E-state index contributed by atoms with van der Waals surface area (Å²) < 4.78 is 0. The van der Waals surface area contributed by atoms with E-state index in [1.165, 1.54) is 0 Å². The van der Waals surface area contributed by atoms with Gasteiger partial charge < -0.3 is 10.6 Å². The Hall–Kier alpha value is -1.36. The van der Waals surface area contributed by atoms with Gasteiger partial charge in [-0.1, -0.05) is 18.2 Å². The summed E-state index contributed by atoms with van der Waals surface area (Å²) in [5.41, 5.74) is 8.13. The maximum absolute atomic E-state index is 12.6. The van der Waals surface area contributed by atoms with Crippen LogP contribution >= 0.6 is 24.8 Å². The first-order valence-electron chi connectivity index (χ1n) is 7.05. The Morgan fingerprint density at radius 1 is 1.36 bits per heavy atom. The maximum atomic E-state index is 12.6. The third-order valence-corrected chi connectivity index (χ3v) is 4.05. The Morgan fingerprint density at radius 3 is 2.77 bits per heavy atom. The number of halogens is 2. The quantitative estimate of drug-likeness (QED) is 0.913. The molecular formula is C16H21Cl2N3O. The van der Waals surface area contributed by atoms with E-state index >= 15 is 0 Å². The lowest BCUT2D eigenvalue weighted by atomic mass is 10.1. The Morgan fingerprint density at radius 2 is 2.09 bits per heavy atom. The molecule has 1 atom stereocenters. The first-order valence-corrected chi connectivity index (χ1v) is 7.05. The summed E-state index contributed by atoms with van der Waals surface area (Å²) in [4.78, 5) is 19.1. The largest absolute Gasteiger partial charge is 0.338 e. The first-order chi connectivity index (χ1) is 9.69. The highest BCUT2D eigenvalue weighted by Crippen LogP contribution is 2.21. The van der Waals surface area contributed by atoms with E-state index in [1.54, 1.807) is 0 Å². The maximum Gasteiger partial charge on any atom is 0.255 e. The Kier molecular flexibility index (Phi) is 6.60. The van der Waals surface area contributed by atoms with Crippen molar-refractivity contribution < 1.29 is 4.79 Å². The highest BCUT2D eigenvalue weighted by molar-refractivity contribution is 5.98. The average Bonchev–Trinajstić information content (AvgIpc) is 2.94. The molecule has 0 saturated carbocycles. The number of aryl methyl sites for hydroxylation is 1. The predicted molar refractivity (Wildman–Crippen MR) is 94.0 cm³/mol. The van der Waals surface area contributed by atoms with Crippen molar-refractivity contribution in [1.29, 1.82) is 0 Å². The van der Waals surface area contributed by atoms with E-state index < -0.39 is 0 Å². The summed E-state index contributed by atoms with van der Waals surface area (Å²) in [5, 5.41) is 1.01. The van der Waals surface area contributed by atoms with Crippen LogP contribution in [0.4, 0.5) is 0 Å². The molecule has 2 heterocycles. The number of carbonyl (C=O) groups is 1. The monoisotopic (exact) mass is 341 g/mol. The lowest BCUT2D eigenvalue weighted by Crippen LogP contribution is -2.30. The molecule has 120 valence electrons.